The van der Waals surface area contributed by atoms with Crippen molar-refractivity contribution >= 4 is 66.9 Å². The van der Waals surface area contributed by atoms with Crippen molar-refractivity contribution in [3.05, 3.63) is 96.1 Å². The Bertz CT molecular complexity index is 1590. The zero-order valence-corrected chi connectivity index (χ0v) is 24.1. The van der Waals surface area contributed by atoms with Gasteiger partial charge in [-0.1, -0.05) is 82.3 Å². The molecule has 0 aromatic heterocycles. The smallest absolute Gasteiger partial charge is 0.326 e. The van der Waals surface area contributed by atoms with E-state index in [4.69, 9.17) is 0 Å². The Balaban J connectivity index is 1.12. The highest BCUT2D eigenvalue weighted by atomic mass is 33.1. The normalized spacial score (nSPS) is 22.1. The van der Waals surface area contributed by atoms with Gasteiger partial charge in [0.1, 0.15) is 12.1 Å². The molecule has 2 N–H and O–H groups in total. The number of hydrogen-bond donors (Lipinski definition) is 2. The third-order valence-corrected chi connectivity index (χ3v) is 11.2. The van der Waals surface area contributed by atoms with Crippen LogP contribution in [0.3, 0.4) is 0 Å². The van der Waals surface area contributed by atoms with Crippen LogP contribution in [0.2, 0.25) is 0 Å². The highest BCUT2D eigenvalue weighted by molar-refractivity contribution is 8.77. The fourth-order valence-corrected chi connectivity index (χ4v) is 8.84. The maximum absolute atomic E-state index is 13.4. The first-order chi connectivity index (χ1) is 20.3. The number of fused-ring (bicyclic) bond motifs is 2. The monoisotopic (exact) mass is 600 g/mol. The van der Waals surface area contributed by atoms with Gasteiger partial charge >= 0.3 is 11.9 Å². The van der Waals surface area contributed by atoms with Gasteiger partial charge in [-0.15, -0.1) is 0 Å². The number of benzene rings is 4. The molecule has 0 aliphatic carbocycles. The lowest BCUT2D eigenvalue weighted by molar-refractivity contribution is -0.142. The first kappa shape index (κ1) is 28.1. The molecule has 4 atom stereocenters. The van der Waals surface area contributed by atoms with Gasteiger partial charge in [0.25, 0.3) is 11.8 Å². The van der Waals surface area contributed by atoms with Crippen molar-refractivity contribution in [1.29, 1.82) is 0 Å². The molecule has 2 aliphatic rings. The van der Waals surface area contributed by atoms with E-state index in [-0.39, 0.29) is 35.4 Å². The summed E-state index contributed by atoms with van der Waals surface area (Å²) in [6, 6.07) is 24.3. The lowest BCUT2D eigenvalue weighted by atomic mass is 10.1. The third-order valence-electron chi connectivity index (χ3n) is 7.94. The van der Waals surface area contributed by atoms with E-state index in [0.717, 1.165) is 21.5 Å². The quantitative estimate of drug-likeness (QED) is 0.271. The fraction of sp³-hybridized carbons (Fsp3) is 0.250. The lowest BCUT2D eigenvalue weighted by Gasteiger charge is -2.22. The maximum atomic E-state index is 13.4. The van der Waals surface area contributed by atoms with E-state index < -0.39 is 24.0 Å². The summed E-state index contributed by atoms with van der Waals surface area (Å²) in [4.78, 5) is 53.9. The van der Waals surface area contributed by atoms with E-state index in [9.17, 15) is 29.4 Å². The standard InChI is InChI=1S/C32H28N2O6S2/c35-29(23-11-9-19-5-1-3-7-21(19)13-23)33-17-25(15-27(33)31(37)38)41-42-26-16-28(32(39)40)34(18-26)30(36)24-12-10-20-6-2-4-8-22(20)14-24/h1-14,25-28H,15-18H2,(H,37,38)(H,39,40)/t25-,26-,27+,28+/m1/s1. The van der Waals surface area contributed by atoms with Gasteiger partial charge in [0.2, 0.25) is 0 Å². The molecule has 0 radical (unpaired) electrons. The fourth-order valence-electron chi connectivity index (χ4n) is 5.78. The molecule has 10 heteroatoms. The average molecular weight is 601 g/mol. The van der Waals surface area contributed by atoms with Crippen molar-refractivity contribution in [2.45, 2.75) is 35.4 Å². The Labute approximate surface area is 250 Å². The Morgan fingerprint density at radius 1 is 0.571 bits per heavy atom. The third kappa shape index (κ3) is 5.56. The molecule has 2 aliphatic heterocycles. The van der Waals surface area contributed by atoms with E-state index in [1.54, 1.807) is 24.3 Å². The Morgan fingerprint density at radius 2 is 0.952 bits per heavy atom. The van der Waals surface area contributed by atoms with Gasteiger partial charge in [0.15, 0.2) is 0 Å². The molecule has 2 heterocycles. The molecule has 4 aromatic carbocycles. The van der Waals surface area contributed by atoms with Crippen LogP contribution in [0, 0.1) is 0 Å². The molecule has 0 saturated carbocycles. The zero-order chi connectivity index (χ0) is 29.4. The predicted octanol–water partition coefficient (Wildman–Crippen LogP) is 5.41. The van der Waals surface area contributed by atoms with E-state index in [1.165, 1.54) is 31.4 Å². The Morgan fingerprint density at radius 3 is 1.33 bits per heavy atom. The molecule has 42 heavy (non-hydrogen) atoms. The molecule has 2 saturated heterocycles. The summed E-state index contributed by atoms with van der Waals surface area (Å²) >= 11 is 0. The second kappa shape index (κ2) is 11.7. The van der Waals surface area contributed by atoms with Crippen molar-refractivity contribution in [3.8, 4) is 0 Å². The van der Waals surface area contributed by atoms with Gasteiger partial charge in [0.05, 0.1) is 0 Å². The number of likely N-dealkylation sites (tertiary alicyclic amines) is 2. The van der Waals surface area contributed by atoms with Gasteiger partial charge < -0.3 is 20.0 Å². The van der Waals surface area contributed by atoms with E-state index in [2.05, 4.69) is 0 Å². The topological polar surface area (TPSA) is 115 Å². The number of carboxylic acid groups (broad SMARTS) is 2. The maximum Gasteiger partial charge on any atom is 0.326 e. The summed E-state index contributed by atoms with van der Waals surface area (Å²) < 4.78 is 0. The molecule has 2 fully saturated rings. The minimum absolute atomic E-state index is 0.144. The van der Waals surface area contributed by atoms with Gasteiger partial charge in [-0.25, -0.2) is 9.59 Å². The van der Waals surface area contributed by atoms with Crippen LogP contribution in [0.1, 0.15) is 33.6 Å². The van der Waals surface area contributed by atoms with Gasteiger partial charge in [0, 0.05) is 34.7 Å². The molecule has 2 amide bonds. The van der Waals surface area contributed by atoms with Crippen molar-refractivity contribution in [1.82, 2.24) is 9.80 Å². The minimum Gasteiger partial charge on any atom is -0.480 e. The van der Waals surface area contributed by atoms with E-state index in [1.807, 2.05) is 60.7 Å². The van der Waals surface area contributed by atoms with Crippen molar-refractivity contribution < 1.29 is 29.4 Å². The second-order valence-electron chi connectivity index (χ2n) is 10.7. The van der Waals surface area contributed by atoms with Crippen LogP contribution in [0.4, 0.5) is 0 Å². The molecule has 4 aromatic rings. The molecular weight excluding hydrogens is 572 g/mol. The Hall–Kier alpha value is -4.02. The molecule has 214 valence electrons. The van der Waals surface area contributed by atoms with Crippen LogP contribution in [0.15, 0.2) is 84.9 Å². The van der Waals surface area contributed by atoms with Crippen LogP contribution in [0.25, 0.3) is 21.5 Å². The summed E-state index contributed by atoms with van der Waals surface area (Å²) in [5, 5.41) is 23.3. The number of carbonyl (C=O) groups excluding carboxylic acids is 2. The first-order valence-corrected chi connectivity index (χ1v) is 15.9. The minimum atomic E-state index is -1.05. The summed E-state index contributed by atoms with van der Waals surface area (Å²) in [5.74, 6) is -2.73. The van der Waals surface area contributed by atoms with Crippen molar-refractivity contribution in [2.75, 3.05) is 13.1 Å². The number of aliphatic carboxylic acids is 2. The zero-order valence-electron chi connectivity index (χ0n) is 22.5. The first-order valence-electron chi connectivity index (χ1n) is 13.7. The number of hydrogen-bond acceptors (Lipinski definition) is 6. The molecular formula is C32H28N2O6S2. The van der Waals surface area contributed by atoms with Crippen molar-refractivity contribution in [3.63, 3.8) is 0 Å². The summed E-state index contributed by atoms with van der Waals surface area (Å²) in [5.41, 5.74) is 0.891. The highest BCUT2D eigenvalue weighted by Crippen LogP contribution is 2.42. The Kier molecular flexibility index (Phi) is 7.83. The SMILES string of the molecule is O=C(O)[C@@H]1C[C@@H](SS[C@@H]2C[C@@H](C(=O)O)N(C(=O)c3ccc4ccccc4c3)C2)CN1C(=O)c1ccc2ccccc2c1. The van der Waals surface area contributed by atoms with Crippen molar-refractivity contribution in [2.24, 2.45) is 0 Å². The highest BCUT2D eigenvalue weighted by Gasteiger charge is 2.43. The second-order valence-corrected chi connectivity index (χ2v) is 13.5. The molecule has 0 bridgehead atoms. The molecule has 6 rings (SSSR count). The van der Waals surface area contributed by atoms with E-state index in [0.29, 0.717) is 24.0 Å². The molecule has 8 nitrogen and oxygen atoms in total. The largest absolute Gasteiger partial charge is 0.480 e. The summed E-state index contributed by atoms with van der Waals surface area (Å²) in [6.07, 6.45) is 0.586. The number of carbonyl (C=O) groups is 4. The number of rotatable bonds is 7. The number of nitrogens with zero attached hydrogens (tertiary/aromatic N) is 2. The van der Waals surface area contributed by atoms with Crippen LogP contribution >= 0.6 is 21.6 Å². The van der Waals surface area contributed by atoms with Crippen LogP contribution in [-0.2, 0) is 9.59 Å². The number of amides is 2. The molecule has 0 spiro atoms. The van der Waals surface area contributed by atoms with Gasteiger partial charge in [-0.2, -0.15) is 0 Å². The van der Waals surface area contributed by atoms with Crippen LogP contribution in [0.5, 0.6) is 0 Å². The lowest BCUT2D eigenvalue weighted by Crippen LogP contribution is -2.40. The molecule has 0 unspecified atom stereocenters. The summed E-state index contributed by atoms with van der Waals surface area (Å²) in [6.45, 7) is 0.546. The van der Waals surface area contributed by atoms with Crippen LogP contribution < -0.4 is 0 Å². The average Bonchev–Trinajstić information content (AvgIpc) is 3.64. The van der Waals surface area contributed by atoms with Gasteiger partial charge in [-0.05, 0) is 58.7 Å². The van der Waals surface area contributed by atoms with Gasteiger partial charge in [-0.3, -0.25) is 9.59 Å². The predicted molar refractivity (Wildman–Crippen MR) is 165 cm³/mol. The van der Waals surface area contributed by atoms with Crippen LogP contribution in [-0.4, -0.2) is 79.4 Å². The summed E-state index contributed by atoms with van der Waals surface area (Å²) in [7, 11) is 2.95. The number of carboxylic acids is 2. The van der Waals surface area contributed by atoms with E-state index >= 15 is 0 Å².